The number of aromatic amines is 1. The van der Waals surface area contributed by atoms with E-state index < -0.39 is 16.6 Å². The number of methoxy groups -OCH3 is 1. The smallest absolute Gasteiger partial charge is 0.199 e. The number of aromatic nitrogens is 2. The van der Waals surface area contributed by atoms with Crippen molar-refractivity contribution >= 4 is 33.2 Å². The molecular formula is C25H31FN4O2S. The molecule has 1 N–H and O–H groups in total. The molecule has 1 aromatic heterocycles. The summed E-state index contributed by atoms with van der Waals surface area (Å²) >= 11 is 0. The van der Waals surface area contributed by atoms with E-state index in [-0.39, 0.29) is 11.8 Å². The summed E-state index contributed by atoms with van der Waals surface area (Å²) < 4.78 is 32.7. The lowest BCUT2D eigenvalue weighted by Crippen LogP contribution is -2.40. The predicted octanol–water partition coefficient (Wildman–Crippen LogP) is 4.85. The van der Waals surface area contributed by atoms with E-state index in [0.717, 1.165) is 31.6 Å². The molecule has 2 atom stereocenters. The van der Waals surface area contributed by atoms with Crippen molar-refractivity contribution in [3.8, 4) is 5.75 Å². The molecule has 0 bridgehead atoms. The highest BCUT2D eigenvalue weighted by Crippen LogP contribution is 2.42. The van der Waals surface area contributed by atoms with Crippen LogP contribution in [0.5, 0.6) is 5.75 Å². The van der Waals surface area contributed by atoms with Crippen molar-refractivity contribution in [3.63, 3.8) is 0 Å². The number of hydrogen-bond acceptors (Lipinski definition) is 5. The van der Waals surface area contributed by atoms with Crippen LogP contribution >= 0.6 is 0 Å². The van der Waals surface area contributed by atoms with Crippen molar-refractivity contribution in [1.29, 1.82) is 0 Å². The van der Waals surface area contributed by atoms with Gasteiger partial charge >= 0.3 is 0 Å². The van der Waals surface area contributed by atoms with Crippen LogP contribution in [0.15, 0.2) is 35.5 Å². The summed E-state index contributed by atoms with van der Waals surface area (Å²) in [6, 6.07) is 9.68. The number of imidazole rings is 1. The zero-order chi connectivity index (χ0) is 23.1. The molecule has 33 heavy (non-hydrogen) atoms. The summed E-state index contributed by atoms with van der Waals surface area (Å²) in [5.41, 5.74) is 4.88. The number of benzene rings is 2. The summed E-state index contributed by atoms with van der Waals surface area (Å²) in [7, 11) is 0.0162. The number of para-hydroxylation sites is 1. The molecule has 2 aliphatic rings. The first kappa shape index (κ1) is 22.2. The maximum atomic E-state index is 14.1. The van der Waals surface area contributed by atoms with E-state index in [1.165, 1.54) is 37.3 Å². The van der Waals surface area contributed by atoms with Crippen LogP contribution < -0.4 is 14.5 Å². The SMILES string of the molecule is CCN1CCCc2cccc(N(CS(=O)c3nc4cc(OC)c(F)cc4[nH]3)C(C)C3CC3)c21. The second kappa shape index (κ2) is 8.97. The number of halogens is 1. The Morgan fingerprint density at radius 1 is 1.36 bits per heavy atom. The van der Waals surface area contributed by atoms with Gasteiger partial charge in [0.15, 0.2) is 16.7 Å². The quantitative estimate of drug-likeness (QED) is 0.510. The lowest BCUT2D eigenvalue weighted by atomic mass is 9.99. The topological polar surface area (TPSA) is 61.5 Å². The molecule has 0 radical (unpaired) electrons. The zero-order valence-corrected chi connectivity index (χ0v) is 20.3. The Kier molecular flexibility index (Phi) is 6.03. The van der Waals surface area contributed by atoms with E-state index in [9.17, 15) is 8.60 Å². The normalized spacial score (nSPS) is 17.6. The second-order valence-electron chi connectivity index (χ2n) is 9.04. The minimum Gasteiger partial charge on any atom is -0.494 e. The third-order valence-electron chi connectivity index (χ3n) is 6.98. The van der Waals surface area contributed by atoms with E-state index in [1.54, 1.807) is 6.07 Å². The minimum absolute atomic E-state index is 0.130. The minimum atomic E-state index is -1.41. The molecule has 1 saturated carbocycles. The Morgan fingerprint density at radius 2 is 2.18 bits per heavy atom. The fourth-order valence-electron chi connectivity index (χ4n) is 4.94. The van der Waals surface area contributed by atoms with Gasteiger partial charge in [0.05, 0.1) is 29.5 Å². The van der Waals surface area contributed by atoms with E-state index in [0.29, 0.717) is 28.0 Å². The van der Waals surface area contributed by atoms with Crippen LogP contribution in [0.2, 0.25) is 0 Å². The lowest BCUT2D eigenvalue weighted by molar-refractivity contribution is 0.387. The molecule has 2 heterocycles. The molecule has 5 rings (SSSR count). The first-order valence-corrected chi connectivity index (χ1v) is 13.1. The van der Waals surface area contributed by atoms with Crippen molar-refractivity contribution < 1.29 is 13.3 Å². The van der Waals surface area contributed by atoms with Crippen LogP contribution in [0.25, 0.3) is 11.0 Å². The summed E-state index contributed by atoms with van der Waals surface area (Å²) in [6.07, 6.45) is 4.65. The van der Waals surface area contributed by atoms with Gasteiger partial charge in [-0.2, -0.15) is 0 Å². The number of H-pyrrole nitrogens is 1. The Hall–Kier alpha value is -2.61. The first-order chi connectivity index (χ1) is 16.0. The van der Waals surface area contributed by atoms with Crippen LogP contribution in [0.4, 0.5) is 15.8 Å². The Bertz CT molecular complexity index is 1190. The average Bonchev–Trinajstić information content (AvgIpc) is 3.60. The zero-order valence-electron chi connectivity index (χ0n) is 19.4. The molecular weight excluding hydrogens is 439 g/mol. The van der Waals surface area contributed by atoms with Crippen molar-refractivity contribution in [2.24, 2.45) is 5.92 Å². The number of nitrogens with one attached hydrogen (secondary N) is 1. The van der Waals surface area contributed by atoms with Gasteiger partial charge in [-0.25, -0.2) is 13.6 Å². The van der Waals surface area contributed by atoms with E-state index in [4.69, 9.17) is 4.74 Å². The van der Waals surface area contributed by atoms with Crippen LogP contribution in [-0.4, -0.2) is 46.3 Å². The molecule has 2 unspecified atom stereocenters. The van der Waals surface area contributed by atoms with Gasteiger partial charge in [0.25, 0.3) is 0 Å². The van der Waals surface area contributed by atoms with Crippen LogP contribution in [0.1, 0.15) is 38.7 Å². The monoisotopic (exact) mass is 470 g/mol. The molecule has 0 spiro atoms. The number of rotatable bonds is 8. The summed E-state index contributed by atoms with van der Waals surface area (Å²) in [5.74, 6) is 0.618. The molecule has 6 nitrogen and oxygen atoms in total. The highest BCUT2D eigenvalue weighted by Gasteiger charge is 2.35. The number of aryl methyl sites for hydroxylation is 1. The standard InChI is InChI=1S/C25H31FN4O2S/c1-4-29-12-6-8-18-7-5-9-22(24(18)29)30(16(2)17-10-11-17)15-33(31)25-27-20-13-19(26)23(32-3)14-21(20)28-25/h5,7,9,13-14,16-17H,4,6,8,10-12,15H2,1-3H3,(H,27,28). The second-order valence-corrected chi connectivity index (χ2v) is 10.4. The number of fused-ring (bicyclic) bond motifs is 2. The highest BCUT2D eigenvalue weighted by molar-refractivity contribution is 7.84. The molecule has 1 aliphatic heterocycles. The van der Waals surface area contributed by atoms with Gasteiger partial charge in [0.2, 0.25) is 0 Å². The summed E-state index contributed by atoms with van der Waals surface area (Å²) in [6.45, 7) is 6.44. The van der Waals surface area contributed by atoms with Gasteiger partial charge in [0, 0.05) is 31.3 Å². The third kappa shape index (κ3) is 4.21. The molecule has 176 valence electrons. The fourth-order valence-corrected chi connectivity index (χ4v) is 6.12. The largest absolute Gasteiger partial charge is 0.494 e. The summed E-state index contributed by atoms with van der Waals surface area (Å²) in [5, 5.41) is 0.364. The summed E-state index contributed by atoms with van der Waals surface area (Å²) in [4.78, 5) is 12.3. The molecule has 1 fully saturated rings. The van der Waals surface area contributed by atoms with Crippen molar-refractivity contribution in [1.82, 2.24) is 9.97 Å². The third-order valence-corrected chi connectivity index (χ3v) is 8.12. The predicted molar refractivity (Wildman–Crippen MR) is 131 cm³/mol. The molecule has 3 aromatic rings. The first-order valence-electron chi connectivity index (χ1n) is 11.7. The van der Waals surface area contributed by atoms with E-state index >= 15 is 0 Å². The van der Waals surface area contributed by atoms with Gasteiger partial charge in [-0.05, 0) is 57.1 Å². The lowest BCUT2D eigenvalue weighted by Gasteiger charge is -2.38. The Morgan fingerprint density at radius 3 is 2.91 bits per heavy atom. The molecule has 8 heteroatoms. The van der Waals surface area contributed by atoms with Gasteiger partial charge in [0.1, 0.15) is 16.7 Å². The van der Waals surface area contributed by atoms with Crippen LogP contribution in [-0.2, 0) is 17.2 Å². The molecule has 2 aromatic carbocycles. The molecule has 1 aliphatic carbocycles. The number of hydrogen-bond donors (Lipinski definition) is 1. The number of nitrogens with zero attached hydrogens (tertiary/aromatic N) is 3. The fraction of sp³-hybridized carbons (Fsp3) is 0.480. The van der Waals surface area contributed by atoms with Crippen molar-refractivity contribution in [2.75, 3.05) is 35.9 Å². The van der Waals surface area contributed by atoms with E-state index in [2.05, 4.69) is 51.8 Å². The highest BCUT2D eigenvalue weighted by atomic mass is 32.2. The van der Waals surface area contributed by atoms with Crippen molar-refractivity contribution in [3.05, 3.63) is 41.7 Å². The molecule has 0 amide bonds. The molecule has 0 saturated heterocycles. The van der Waals surface area contributed by atoms with Gasteiger partial charge in [-0.15, -0.1) is 0 Å². The van der Waals surface area contributed by atoms with Crippen LogP contribution in [0, 0.1) is 11.7 Å². The van der Waals surface area contributed by atoms with Crippen LogP contribution in [0.3, 0.4) is 0 Å². The average molecular weight is 471 g/mol. The van der Waals surface area contributed by atoms with Gasteiger partial charge in [-0.3, -0.25) is 0 Å². The van der Waals surface area contributed by atoms with E-state index in [1.807, 2.05) is 0 Å². The van der Waals surface area contributed by atoms with Crippen molar-refractivity contribution in [2.45, 2.75) is 50.7 Å². The maximum Gasteiger partial charge on any atom is 0.199 e. The number of anilines is 2. The van der Waals surface area contributed by atoms with Gasteiger partial charge in [-0.1, -0.05) is 12.1 Å². The Labute approximate surface area is 196 Å². The van der Waals surface area contributed by atoms with Gasteiger partial charge < -0.3 is 19.5 Å². The maximum absolute atomic E-state index is 14.1. The Balaban J connectivity index is 1.50. The number of ether oxygens (including phenoxy) is 1.